The fourth-order valence-corrected chi connectivity index (χ4v) is 2.95. The molecule has 0 fully saturated rings. The van der Waals surface area contributed by atoms with E-state index in [4.69, 9.17) is 5.11 Å². The van der Waals surface area contributed by atoms with E-state index in [1.165, 1.54) is 0 Å². The maximum Gasteiger partial charge on any atom is 0.233 e. The highest BCUT2D eigenvalue weighted by Crippen LogP contribution is 2.22. The van der Waals surface area contributed by atoms with Crippen molar-refractivity contribution in [2.45, 2.75) is 30.1 Å². The van der Waals surface area contributed by atoms with Gasteiger partial charge in [0.25, 0.3) is 0 Å². The van der Waals surface area contributed by atoms with Crippen molar-refractivity contribution in [1.29, 1.82) is 0 Å². The number of benzene rings is 2. The summed E-state index contributed by atoms with van der Waals surface area (Å²) in [6.45, 7) is 2.60. The molecular formula is C18H21NO2S. The Labute approximate surface area is 135 Å². The molecule has 3 nitrogen and oxygen atoms in total. The number of amides is 1. The van der Waals surface area contributed by atoms with E-state index in [0.717, 1.165) is 22.4 Å². The van der Waals surface area contributed by atoms with E-state index < -0.39 is 0 Å². The highest BCUT2D eigenvalue weighted by atomic mass is 32.2. The molecule has 4 heteroatoms. The molecule has 116 valence electrons. The van der Waals surface area contributed by atoms with Crippen LogP contribution in [-0.2, 0) is 17.8 Å². The van der Waals surface area contributed by atoms with Gasteiger partial charge in [-0.1, -0.05) is 42.5 Å². The summed E-state index contributed by atoms with van der Waals surface area (Å²) in [7, 11) is 0. The van der Waals surface area contributed by atoms with Crippen LogP contribution in [0.3, 0.4) is 0 Å². The van der Waals surface area contributed by atoms with Crippen LogP contribution in [0.5, 0.6) is 0 Å². The van der Waals surface area contributed by atoms with Crippen molar-refractivity contribution >= 4 is 17.7 Å². The lowest BCUT2D eigenvalue weighted by Gasteiger charge is -2.12. The van der Waals surface area contributed by atoms with Crippen LogP contribution < -0.4 is 5.32 Å². The zero-order chi connectivity index (χ0) is 15.8. The molecule has 2 rings (SSSR count). The number of nitrogens with one attached hydrogen (secondary N) is 1. The monoisotopic (exact) mass is 315 g/mol. The smallest absolute Gasteiger partial charge is 0.233 e. The number of thioether (sulfide) groups is 1. The molecule has 0 aliphatic heterocycles. The van der Waals surface area contributed by atoms with Gasteiger partial charge in [0.2, 0.25) is 5.91 Å². The van der Waals surface area contributed by atoms with Gasteiger partial charge in [0.05, 0.1) is 11.9 Å². The fourth-order valence-electron chi connectivity index (χ4n) is 2.04. The van der Waals surface area contributed by atoms with Crippen LogP contribution in [0.2, 0.25) is 0 Å². The zero-order valence-corrected chi connectivity index (χ0v) is 13.5. The van der Waals surface area contributed by atoms with Crippen LogP contribution in [0.4, 0.5) is 0 Å². The molecule has 0 saturated carbocycles. The largest absolute Gasteiger partial charge is 0.392 e. The van der Waals surface area contributed by atoms with Crippen molar-refractivity contribution in [3.63, 3.8) is 0 Å². The first-order valence-electron chi connectivity index (χ1n) is 7.37. The summed E-state index contributed by atoms with van der Waals surface area (Å²) >= 11 is 1.56. The third-order valence-electron chi connectivity index (χ3n) is 3.34. The molecule has 0 aliphatic rings. The molecule has 2 aromatic carbocycles. The number of aliphatic hydroxyl groups is 1. The molecular weight excluding hydrogens is 294 g/mol. The summed E-state index contributed by atoms with van der Waals surface area (Å²) in [6.07, 6.45) is 0.792. The standard InChI is InChI=1S/C18H21NO2S/c1-14(22-17-5-3-2-4-6-17)18(21)19-12-11-15-7-9-16(13-20)10-8-15/h2-10,14,20H,11-13H2,1H3,(H,19,21). The summed E-state index contributed by atoms with van der Waals surface area (Å²) in [6, 6.07) is 17.7. The van der Waals surface area contributed by atoms with Crippen molar-refractivity contribution in [2.24, 2.45) is 0 Å². The second-order valence-electron chi connectivity index (χ2n) is 5.09. The van der Waals surface area contributed by atoms with Gasteiger partial charge in [-0.3, -0.25) is 4.79 Å². The molecule has 0 spiro atoms. The van der Waals surface area contributed by atoms with Gasteiger partial charge >= 0.3 is 0 Å². The van der Waals surface area contributed by atoms with Crippen molar-refractivity contribution in [2.75, 3.05) is 6.54 Å². The number of hydrogen-bond acceptors (Lipinski definition) is 3. The highest BCUT2D eigenvalue weighted by Gasteiger charge is 2.13. The minimum Gasteiger partial charge on any atom is -0.392 e. The van der Waals surface area contributed by atoms with Gasteiger partial charge in [0, 0.05) is 11.4 Å². The fraction of sp³-hybridized carbons (Fsp3) is 0.278. The van der Waals surface area contributed by atoms with E-state index in [1.54, 1.807) is 11.8 Å². The molecule has 0 bridgehead atoms. The van der Waals surface area contributed by atoms with Crippen molar-refractivity contribution in [3.05, 3.63) is 65.7 Å². The summed E-state index contributed by atoms with van der Waals surface area (Å²) in [5, 5.41) is 11.9. The molecule has 0 aromatic heterocycles. The first-order valence-corrected chi connectivity index (χ1v) is 8.25. The van der Waals surface area contributed by atoms with E-state index in [9.17, 15) is 4.79 Å². The van der Waals surface area contributed by atoms with Crippen molar-refractivity contribution in [1.82, 2.24) is 5.32 Å². The summed E-state index contributed by atoms with van der Waals surface area (Å²) < 4.78 is 0. The summed E-state index contributed by atoms with van der Waals surface area (Å²) in [5.74, 6) is 0.0563. The van der Waals surface area contributed by atoms with E-state index >= 15 is 0 Å². The van der Waals surface area contributed by atoms with Crippen LogP contribution >= 0.6 is 11.8 Å². The van der Waals surface area contributed by atoms with E-state index in [1.807, 2.05) is 61.5 Å². The molecule has 2 N–H and O–H groups in total. The molecule has 1 amide bonds. The molecule has 0 saturated heterocycles. The number of rotatable bonds is 7. The average Bonchev–Trinajstić information content (AvgIpc) is 2.56. The Morgan fingerprint density at radius 1 is 1.09 bits per heavy atom. The van der Waals surface area contributed by atoms with Gasteiger partial charge in [0.15, 0.2) is 0 Å². The quantitative estimate of drug-likeness (QED) is 0.772. The Balaban J connectivity index is 1.74. The third kappa shape index (κ3) is 5.20. The molecule has 0 heterocycles. The van der Waals surface area contributed by atoms with Gasteiger partial charge in [-0.15, -0.1) is 11.8 Å². The van der Waals surface area contributed by atoms with Crippen LogP contribution in [-0.4, -0.2) is 22.8 Å². The maximum atomic E-state index is 12.1. The molecule has 1 unspecified atom stereocenters. The second-order valence-corrected chi connectivity index (χ2v) is 6.50. The topological polar surface area (TPSA) is 49.3 Å². The number of aliphatic hydroxyl groups excluding tert-OH is 1. The van der Waals surface area contributed by atoms with Crippen LogP contribution in [0.25, 0.3) is 0 Å². The average molecular weight is 315 g/mol. The molecule has 0 aliphatic carbocycles. The predicted octanol–water partition coefficient (Wildman–Crippen LogP) is 3.02. The van der Waals surface area contributed by atoms with E-state index in [-0.39, 0.29) is 17.8 Å². The van der Waals surface area contributed by atoms with Gasteiger partial charge in [-0.2, -0.15) is 0 Å². The van der Waals surface area contributed by atoms with Crippen molar-refractivity contribution < 1.29 is 9.90 Å². The maximum absolute atomic E-state index is 12.1. The van der Waals surface area contributed by atoms with Gasteiger partial charge in [-0.05, 0) is 36.6 Å². The van der Waals surface area contributed by atoms with Crippen LogP contribution in [0, 0.1) is 0 Å². The second kappa shape index (κ2) is 8.61. The predicted molar refractivity (Wildman–Crippen MR) is 90.8 cm³/mol. The van der Waals surface area contributed by atoms with Crippen LogP contribution in [0.1, 0.15) is 18.1 Å². The van der Waals surface area contributed by atoms with Crippen molar-refractivity contribution in [3.8, 4) is 0 Å². The molecule has 1 atom stereocenters. The summed E-state index contributed by atoms with van der Waals surface area (Å²) in [4.78, 5) is 13.2. The van der Waals surface area contributed by atoms with Crippen LogP contribution in [0.15, 0.2) is 59.5 Å². The minimum absolute atomic E-state index is 0.0563. The Hall–Kier alpha value is -1.78. The number of carbonyl (C=O) groups is 1. The SMILES string of the molecule is CC(Sc1ccccc1)C(=O)NCCc1ccc(CO)cc1. The first kappa shape index (κ1) is 16.6. The Kier molecular flexibility index (Phi) is 6.49. The highest BCUT2D eigenvalue weighted by molar-refractivity contribution is 8.00. The molecule has 22 heavy (non-hydrogen) atoms. The minimum atomic E-state index is -0.112. The Bertz CT molecular complexity index is 584. The number of hydrogen-bond donors (Lipinski definition) is 2. The first-order chi connectivity index (χ1) is 10.7. The Morgan fingerprint density at radius 3 is 2.36 bits per heavy atom. The number of carbonyl (C=O) groups excluding carboxylic acids is 1. The molecule has 0 radical (unpaired) electrons. The molecule has 2 aromatic rings. The Morgan fingerprint density at radius 2 is 1.73 bits per heavy atom. The zero-order valence-electron chi connectivity index (χ0n) is 12.7. The van der Waals surface area contributed by atoms with Gasteiger partial charge in [-0.25, -0.2) is 0 Å². The lowest BCUT2D eigenvalue weighted by Crippen LogP contribution is -2.32. The van der Waals surface area contributed by atoms with Gasteiger partial charge < -0.3 is 10.4 Å². The lowest BCUT2D eigenvalue weighted by atomic mass is 10.1. The normalized spacial score (nSPS) is 11.9. The van der Waals surface area contributed by atoms with Gasteiger partial charge in [0.1, 0.15) is 0 Å². The third-order valence-corrected chi connectivity index (χ3v) is 4.46. The van der Waals surface area contributed by atoms with E-state index in [0.29, 0.717) is 6.54 Å². The summed E-state index contributed by atoms with van der Waals surface area (Å²) in [5.41, 5.74) is 2.06. The lowest BCUT2D eigenvalue weighted by molar-refractivity contribution is -0.120. The van der Waals surface area contributed by atoms with E-state index in [2.05, 4.69) is 5.32 Å².